The van der Waals surface area contributed by atoms with Gasteiger partial charge in [-0.05, 0) is 53.2 Å². The number of hydrogen-bond acceptors (Lipinski definition) is 15. The number of aliphatic hydroxyl groups excluding tert-OH is 2. The summed E-state index contributed by atoms with van der Waals surface area (Å²) in [6.07, 6.45) is -1.97. The number of benzene rings is 3. The molecule has 3 amide bonds. The van der Waals surface area contributed by atoms with Crippen LogP contribution in [0.2, 0.25) is 0 Å². The summed E-state index contributed by atoms with van der Waals surface area (Å²) in [5, 5.41) is 48.8. The number of rotatable bonds is 24. The number of aliphatic hydroxyl groups is 2. The van der Waals surface area contributed by atoms with Crippen molar-refractivity contribution in [2.45, 2.75) is 109 Å². The molecule has 0 aliphatic carbocycles. The summed E-state index contributed by atoms with van der Waals surface area (Å²) in [7, 11) is 0. The number of alkyl carbamates (subject to hydrolysis) is 2. The number of carbonyl (C=O) groups is 3. The first-order valence-electron chi connectivity index (χ1n) is 23.7. The first-order chi connectivity index (χ1) is 33.6. The van der Waals surface area contributed by atoms with E-state index in [1.54, 1.807) is 0 Å². The summed E-state index contributed by atoms with van der Waals surface area (Å²) >= 11 is 0. The molecule has 3 aromatic rings. The van der Waals surface area contributed by atoms with Crippen LogP contribution in [0.15, 0.2) is 91.0 Å². The molecular weight excluding hydrogens is 901 g/mol. The highest BCUT2D eigenvalue weighted by Gasteiger charge is 2.32. The molecule has 18 heteroatoms. The second-order valence-electron chi connectivity index (χ2n) is 19.0. The minimum absolute atomic E-state index is 0.0578. The molecule has 0 saturated carbocycles. The van der Waals surface area contributed by atoms with Gasteiger partial charge in [-0.1, -0.05) is 119 Å². The lowest BCUT2D eigenvalue weighted by atomic mass is 9.87. The van der Waals surface area contributed by atoms with E-state index in [0.29, 0.717) is 58.4 Å². The number of nitrogens with zero attached hydrogens (tertiary/aromatic N) is 3. The third-order valence-electron chi connectivity index (χ3n) is 11.5. The first kappa shape index (κ1) is 56.8. The zero-order chi connectivity index (χ0) is 50.6. The Morgan fingerprint density at radius 1 is 0.671 bits per heavy atom. The Morgan fingerprint density at radius 2 is 1.10 bits per heavy atom. The molecule has 2 saturated heterocycles. The van der Waals surface area contributed by atoms with E-state index in [2.05, 4.69) is 41.9 Å². The van der Waals surface area contributed by atoms with E-state index in [9.17, 15) is 24.6 Å². The minimum Gasteiger partial charge on any atom is -0.445 e. The molecule has 4 atom stereocenters. The van der Waals surface area contributed by atoms with Gasteiger partial charge in [-0.25, -0.2) is 14.4 Å². The Bertz CT molecular complexity index is 2040. The van der Waals surface area contributed by atoms with Crippen LogP contribution in [-0.2, 0) is 52.6 Å². The Morgan fingerprint density at radius 3 is 1.56 bits per heavy atom. The van der Waals surface area contributed by atoms with Gasteiger partial charge >= 0.3 is 18.3 Å². The largest absolute Gasteiger partial charge is 0.445 e. The van der Waals surface area contributed by atoms with Crippen molar-refractivity contribution in [2.24, 2.45) is 10.8 Å². The average Bonchev–Trinajstić information content (AvgIpc) is 3.35. The van der Waals surface area contributed by atoms with Crippen molar-refractivity contribution < 1.29 is 57.8 Å². The molecule has 3 aromatic carbocycles. The van der Waals surface area contributed by atoms with E-state index in [1.165, 1.54) is 4.90 Å². The maximum atomic E-state index is 13.3. The van der Waals surface area contributed by atoms with Crippen LogP contribution in [0.4, 0.5) is 14.4 Å². The Balaban J connectivity index is 0.000000318. The molecule has 70 heavy (non-hydrogen) atoms. The Labute approximate surface area is 412 Å². The number of amides is 3. The SMILES string of the molecule is CC(C)(CCC#N)CN(CC(O)C(Cc1ccccc1)NC(=O)OC1COCOC1)C(=O)OCc1ccccc1.CC(C)(CCC#N)CNCC(O)C(Cc1ccccc1)NC(=O)OC1COCOC1. The van der Waals surface area contributed by atoms with E-state index in [0.717, 1.165) is 23.1 Å². The van der Waals surface area contributed by atoms with E-state index >= 15 is 0 Å². The summed E-state index contributed by atoms with van der Waals surface area (Å²) in [5.74, 6) is 0. The second-order valence-corrected chi connectivity index (χ2v) is 19.0. The highest BCUT2D eigenvalue weighted by atomic mass is 16.7. The number of nitrogens with one attached hydrogen (secondary N) is 3. The first-order valence-corrected chi connectivity index (χ1v) is 23.7. The molecule has 0 spiro atoms. The van der Waals surface area contributed by atoms with Gasteiger partial charge in [0.2, 0.25) is 0 Å². The molecule has 2 aliphatic heterocycles. The van der Waals surface area contributed by atoms with Crippen molar-refractivity contribution in [3.8, 4) is 12.1 Å². The highest BCUT2D eigenvalue weighted by molar-refractivity contribution is 5.69. The van der Waals surface area contributed by atoms with Gasteiger partial charge in [0.25, 0.3) is 0 Å². The van der Waals surface area contributed by atoms with Gasteiger partial charge < -0.3 is 64.2 Å². The van der Waals surface area contributed by atoms with Crippen molar-refractivity contribution in [2.75, 3.05) is 66.2 Å². The Kier molecular flexibility index (Phi) is 24.9. The van der Waals surface area contributed by atoms with E-state index in [-0.39, 0.29) is 51.9 Å². The highest BCUT2D eigenvalue weighted by Crippen LogP contribution is 2.25. The fourth-order valence-electron chi connectivity index (χ4n) is 7.59. The van der Waals surface area contributed by atoms with Crippen LogP contribution in [-0.4, -0.2) is 136 Å². The van der Waals surface area contributed by atoms with Gasteiger partial charge in [0.1, 0.15) is 20.2 Å². The quantitative estimate of drug-likeness (QED) is 0.0647. The van der Waals surface area contributed by atoms with Crippen LogP contribution in [0.1, 0.15) is 70.1 Å². The summed E-state index contributed by atoms with van der Waals surface area (Å²) in [5.41, 5.74) is 2.26. The van der Waals surface area contributed by atoms with Crippen LogP contribution in [0.25, 0.3) is 0 Å². The van der Waals surface area contributed by atoms with Gasteiger partial charge in [0, 0.05) is 32.5 Å². The number of hydrogen-bond donors (Lipinski definition) is 5. The molecule has 2 aliphatic rings. The molecule has 0 bridgehead atoms. The van der Waals surface area contributed by atoms with Crippen molar-refractivity contribution >= 4 is 18.3 Å². The smallest absolute Gasteiger partial charge is 0.410 e. The van der Waals surface area contributed by atoms with Crippen molar-refractivity contribution in [1.29, 1.82) is 10.5 Å². The molecule has 2 fully saturated rings. The third kappa shape index (κ3) is 22.7. The lowest BCUT2D eigenvalue weighted by Crippen LogP contribution is -2.52. The van der Waals surface area contributed by atoms with Gasteiger partial charge in [-0.15, -0.1) is 0 Å². The van der Waals surface area contributed by atoms with Crippen LogP contribution >= 0.6 is 0 Å². The third-order valence-corrected chi connectivity index (χ3v) is 11.5. The summed E-state index contributed by atoms with van der Waals surface area (Å²) in [6, 6.07) is 31.4. The molecule has 18 nitrogen and oxygen atoms in total. The van der Waals surface area contributed by atoms with Crippen molar-refractivity contribution in [3.63, 3.8) is 0 Å². The number of carbonyl (C=O) groups excluding carboxylic acids is 3. The number of ether oxygens (including phenoxy) is 7. The fourth-order valence-corrected chi connectivity index (χ4v) is 7.59. The summed E-state index contributed by atoms with van der Waals surface area (Å²) < 4.78 is 37.0. The Hall–Kier alpha value is -5.83. The topological polar surface area (TPSA) is 243 Å². The van der Waals surface area contributed by atoms with Gasteiger partial charge in [0.05, 0.1) is 69.4 Å². The molecule has 5 rings (SSSR count). The summed E-state index contributed by atoms with van der Waals surface area (Å²) in [6.45, 7) is 10.6. The van der Waals surface area contributed by atoms with Crippen molar-refractivity contribution in [1.82, 2.24) is 20.9 Å². The van der Waals surface area contributed by atoms with E-state index in [1.807, 2.05) is 105 Å². The zero-order valence-corrected chi connectivity index (χ0v) is 41.0. The molecule has 5 N–H and O–H groups in total. The lowest BCUT2D eigenvalue weighted by Gasteiger charge is -2.35. The molecule has 2 heterocycles. The van der Waals surface area contributed by atoms with E-state index < -0.39 is 60.2 Å². The van der Waals surface area contributed by atoms with Crippen molar-refractivity contribution in [3.05, 3.63) is 108 Å². The van der Waals surface area contributed by atoms with Crippen LogP contribution in [0, 0.1) is 33.5 Å². The zero-order valence-electron chi connectivity index (χ0n) is 41.0. The minimum atomic E-state index is -1.15. The van der Waals surface area contributed by atoms with Gasteiger partial charge in [-0.3, -0.25) is 0 Å². The predicted molar refractivity (Wildman–Crippen MR) is 259 cm³/mol. The molecular formula is C52H72N6O12. The lowest BCUT2D eigenvalue weighted by molar-refractivity contribution is -0.151. The molecule has 0 aromatic heterocycles. The second kappa shape index (κ2) is 30.7. The fraction of sp³-hybridized carbons (Fsp3) is 0.558. The van der Waals surface area contributed by atoms with E-state index in [4.69, 9.17) is 43.7 Å². The monoisotopic (exact) mass is 973 g/mol. The number of nitriles is 2. The van der Waals surface area contributed by atoms with Crippen LogP contribution in [0.5, 0.6) is 0 Å². The standard InChI is InChI=1S/C30H39N3O7.C22H33N3O5/c1-30(2,14-9-15-31)21-33(29(36)39-18-24-12-7-4-8-13-24)17-27(34)26(16-23-10-5-3-6-11-23)32-28(35)40-25-19-37-22-38-20-25;1-22(2,9-6-10-23)15-24-12-20(26)19(11-17-7-4-3-5-8-17)25-21(27)30-18-13-28-16-29-14-18/h3-8,10-13,25-27,34H,9,14,16-22H2,1-2H3,(H,32,35);3-5,7-8,18-20,24,26H,6,9,11-16H2,1-2H3,(H,25,27). The average molecular weight is 973 g/mol. The van der Waals surface area contributed by atoms with Gasteiger partial charge in [0.15, 0.2) is 12.2 Å². The molecule has 4 unspecified atom stereocenters. The maximum absolute atomic E-state index is 13.3. The van der Waals surface area contributed by atoms with Crippen LogP contribution < -0.4 is 16.0 Å². The predicted octanol–water partition coefficient (Wildman–Crippen LogP) is 6.00. The van der Waals surface area contributed by atoms with Crippen LogP contribution in [0.3, 0.4) is 0 Å². The summed E-state index contributed by atoms with van der Waals surface area (Å²) in [4.78, 5) is 39.8. The normalized spacial score (nSPS) is 16.1. The van der Waals surface area contributed by atoms with Gasteiger partial charge in [-0.2, -0.15) is 10.5 Å². The molecule has 0 radical (unpaired) electrons. The maximum Gasteiger partial charge on any atom is 0.410 e. The molecule has 382 valence electrons.